The Morgan fingerprint density at radius 2 is 1.86 bits per heavy atom. The molecular formula is C15H15ClN2O2S. The maximum absolute atomic E-state index is 11.8. The Morgan fingerprint density at radius 1 is 1.10 bits per heavy atom. The fraction of sp³-hybridized carbons (Fsp3) is 0.200. The first kappa shape index (κ1) is 15.5. The lowest BCUT2D eigenvalue weighted by molar-refractivity contribution is -0.121. The van der Waals surface area contributed by atoms with Gasteiger partial charge in [0.15, 0.2) is 0 Å². The molecule has 0 radical (unpaired) electrons. The quantitative estimate of drug-likeness (QED) is 0.831. The highest BCUT2D eigenvalue weighted by Crippen LogP contribution is 2.12. The molecule has 110 valence electrons. The minimum Gasteiger partial charge on any atom is -0.273 e. The summed E-state index contributed by atoms with van der Waals surface area (Å²) in [6.45, 7) is 0. The average molecular weight is 323 g/mol. The molecule has 2 rings (SSSR count). The van der Waals surface area contributed by atoms with E-state index < -0.39 is 0 Å². The van der Waals surface area contributed by atoms with E-state index in [1.54, 1.807) is 35.6 Å². The van der Waals surface area contributed by atoms with E-state index in [-0.39, 0.29) is 11.8 Å². The minimum absolute atomic E-state index is 0.200. The van der Waals surface area contributed by atoms with E-state index in [1.165, 1.54) is 4.88 Å². The summed E-state index contributed by atoms with van der Waals surface area (Å²) in [4.78, 5) is 24.6. The predicted octanol–water partition coefficient (Wildman–Crippen LogP) is 3.19. The summed E-state index contributed by atoms with van der Waals surface area (Å²) in [7, 11) is 0. The predicted molar refractivity (Wildman–Crippen MR) is 84.3 cm³/mol. The Labute approximate surface area is 132 Å². The lowest BCUT2D eigenvalue weighted by Crippen LogP contribution is -2.41. The van der Waals surface area contributed by atoms with Gasteiger partial charge in [0.2, 0.25) is 5.91 Å². The van der Waals surface area contributed by atoms with Gasteiger partial charge < -0.3 is 0 Å². The van der Waals surface area contributed by atoms with Crippen molar-refractivity contribution < 1.29 is 9.59 Å². The molecule has 6 heteroatoms. The van der Waals surface area contributed by atoms with Crippen LogP contribution in [0.5, 0.6) is 0 Å². The standard InChI is InChI=1S/C15H15ClN2O2S/c16-12-8-6-11(7-9-12)15(20)18-17-14(19)5-1-3-13-4-2-10-21-13/h2,4,6-10H,1,3,5H2,(H,17,19)(H,18,20). The van der Waals surface area contributed by atoms with E-state index >= 15 is 0 Å². The third-order valence-corrected chi connectivity index (χ3v) is 4.02. The third kappa shape index (κ3) is 5.21. The van der Waals surface area contributed by atoms with Crippen LogP contribution < -0.4 is 10.9 Å². The van der Waals surface area contributed by atoms with E-state index in [0.29, 0.717) is 17.0 Å². The second kappa shape index (κ2) is 7.81. The molecule has 0 unspecified atom stereocenters. The summed E-state index contributed by atoms with van der Waals surface area (Å²) in [6.07, 6.45) is 2.00. The summed E-state index contributed by atoms with van der Waals surface area (Å²) in [5.74, 6) is -0.563. The van der Waals surface area contributed by atoms with Gasteiger partial charge in [-0.05, 0) is 48.6 Å². The molecule has 21 heavy (non-hydrogen) atoms. The largest absolute Gasteiger partial charge is 0.273 e. The highest BCUT2D eigenvalue weighted by Gasteiger charge is 2.07. The minimum atomic E-state index is -0.363. The van der Waals surface area contributed by atoms with E-state index in [0.717, 1.165) is 12.8 Å². The molecule has 1 aromatic heterocycles. The number of hydrazine groups is 1. The zero-order chi connectivity index (χ0) is 15.1. The Bertz CT molecular complexity index is 597. The van der Waals surface area contributed by atoms with Crippen LogP contribution in [0.1, 0.15) is 28.1 Å². The number of hydrogen-bond donors (Lipinski definition) is 2. The number of rotatable bonds is 5. The Kier molecular flexibility index (Phi) is 5.78. The molecule has 0 fully saturated rings. The highest BCUT2D eigenvalue weighted by molar-refractivity contribution is 7.09. The summed E-state index contributed by atoms with van der Waals surface area (Å²) < 4.78 is 0. The van der Waals surface area contributed by atoms with Gasteiger partial charge in [0.1, 0.15) is 0 Å². The summed E-state index contributed by atoms with van der Waals surface area (Å²) in [5.41, 5.74) is 5.23. The number of carbonyl (C=O) groups is 2. The number of carbonyl (C=O) groups excluding carboxylic acids is 2. The molecule has 0 aliphatic carbocycles. The Hall–Kier alpha value is -1.85. The van der Waals surface area contributed by atoms with Crippen LogP contribution >= 0.6 is 22.9 Å². The molecule has 2 amide bonds. The van der Waals surface area contributed by atoms with Crippen LogP contribution in [-0.4, -0.2) is 11.8 Å². The summed E-state index contributed by atoms with van der Waals surface area (Å²) in [6, 6.07) is 10.5. The van der Waals surface area contributed by atoms with E-state index in [1.807, 2.05) is 17.5 Å². The summed E-state index contributed by atoms with van der Waals surface area (Å²) >= 11 is 7.42. The van der Waals surface area contributed by atoms with Gasteiger partial charge in [-0.1, -0.05) is 17.7 Å². The molecule has 0 spiro atoms. The zero-order valence-corrected chi connectivity index (χ0v) is 12.8. The van der Waals surface area contributed by atoms with Crippen LogP contribution in [0.25, 0.3) is 0 Å². The number of amides is 2. The first-order valence-electron chi connectivity index (χ1n) is 6.52. The number of hydrogen-bond acceptors (Lipinski definition) is 3. The van der Waals surface area contributed by atoms with Crippen LogP contribution in [-0.2, 0) is 11.2 Å². The van der Waals surface area contributed by atoms with Crippen molar-refractivity contribution in [3.63, 3.8) is 0 Å². The van der Waals surface area contributed by atoms with Gasteiger partial charge in [0.25, 0.3) is 5.91 Å². The molecule has 4 nitrogen and oxygen atoms in total. The second-order valence-electron chi connectivity index (χ2n) is 4.44. The van der Waals surface area contributed by atoms with Crippen molar-refractivity contribution in [3.05, 3.63) is 57.2 Å². The van der Waals surface area contributed by atoms with Gasteiger partial charge in [-0.3, -0.25) is 20.4 Å². The molecule has 2 aromatic rings. The maximum Gasteiger partial charge on any atom is 0.269 e. The van der Waals surface area contributed by atoms with Crippen LogP contribution in [0.2, 0.25) is 5.02 Å². The molecule has 1 aromatic carbocycles. The molecule has 0 saturated carbocycles. The van der Waals surface area contributed by atoms with Crippen LogP contribution in [0.15, 0.2) is 41.8 Å². The lowest BCUT2D eigenvalue weighted by Gasteiger charge is -2.07. The number of thiophene rings is 1. The van der Waals surface area contributed by atoms with Gasteiger partial charge in [-0.2, -0.15) is 0 Å². The topological polar surface area (TPSA) is 58.2 Å². The van der Waals surface area contributed by atoms with E-state index in [2.05, 4.69) is 10.9 Å². The molecule has 0 saturated heterocycles. The highest BCUT2D eigenvalue weighted by atomic mass is 35.5. The van der Waals surface area contributed by atoms with Crippen molar-refractivity contribution in [2.45, 2.75) is 19.3 Å². The second-order valence-corrected chi connectivity index (χ2v) is 5.91. The number of benzene rings is 1. The number of halogens is 1. The van der Waals surface area contributed by atoms with Gasteiger partial charge in [-0.15, -0.1) is 11.3 Å². The maximum atomic E-state index is 11.8. The molecule has 0 atom stereocenters. The molecular weight excluding hydrogens is 308 g/mol. The average Bonchev–Trinajstić information content (AvgIpc) is 2.99. The monoisotopic (exact) mass is 322 g/mol. The smallest absolute Gasteiger partial charge is 0.269 e. The SMILES string of the molecule is O=C(CCCc1cccs1)NNC(=O)c1ccc(Cl)cc1. The third-order valence-electron chi connectivity index (χ3n) is 2.83. The first-order chi connectivity index (χ1) is 10.1. The van der Waals surface area contributed by atoms with Crippen LogP contribution in [0.3, 0.4) is 0 Å². The molecule has 0 aliphatic rings. The zero-order valence-electron chi connectivity index (χ0n) is 11.3. The Balaban J connectivity index is 1.68. The van der Waals surface area contributed by atoms with Gasteiger partial charge >= 0.3 is 0 Å². The number of nitrogens with one attached hydrogen (secondary N) is 2. The van der Waals surface area contributed by atoms with Crippen molar-refractivity contribution in [2.24, 2.45) is 0 Å². The Morgan fingerprint density at radius 3 is 2.52 bits per heavy atom. The molecule has 0 bridgehead atoms. The van der Waals surface area contributed by atoms with E-state index in [9.17, 15) is 9.59 Å². The van der Waals surface area contributed by atoms with Crippen molar-refractivity contribution in [1.29, 1.82) is 0 Å². The lowest BCUT2D eigenvalue weighted by atomic mass is 10.2. The fourth-order valence-electron chi connectivity index (χ4n) is 1.74. The van der Waals surface area contributed by atoms with Gasteiger partial charge in [0, 0.05) is 21.9 Å². The van der Waals surface area contributed by atoms with Gasteiger partial charge in [0.05, 0.1) is 0 Å². The van der Waals surface area contributed by atoms with Crippen molar-refractivity contribution in [2.75, 3.05) is 0 Å². The van der Waals surface area contributed by atoms with Crippen LogP contribution in [0.4, 0.5) is 0 Å². The van der Waals surface area contributed by atoms with Crippen molar-refractivity contribution in [3.8, 4) is 0 Å². The number of aryl methyl sites for hydroxylation is 1. The molecule has 1 heterocycles. The van der Waals surface area contributed by atoms with E-state index in [4.69, 9.17) is 11.6 Å². The molecule has 0 aliphatic heterocycles. The first-order valence-corrected chi connectivity index (χ1v) is 7.78. The normalized spacial score (nSPS) is 10.1. The van der Waals surface area contributed by atoms with Gasteiger partial charge in [-0.25, -0.2) is 0 Å². The van der Waals surface area contributed by atoms with Crippen molar-refractivity contribution >= 4 is 34.8 Å². The summed E-state index contributed by atoms with van der Waals surface area (Å²) in [5, 5.41) is 2.58. The van der Waals surface area contributed by atoms with Crippen molar-refractivity contribution in [1.82, 2.24) is 10.9 Å². The van der Waals surface area contributed by atoms with Crippen LogP contribution in [0, 0.1) is 0 Å². The molecule has 2 N–H and O–H groups in total. The fourth-order valence-corrected chi connectivity index (χ4v) is 2.62.